The van der Waals surface area contributed by atoms with E-state index in [4.69, 9.17) is 4.74 Å². The average Bonchev–Trinajstić information content (AvgIpc) is 2.78. The van der Waals surface area contributed by atoms with Crippen LogP contribution < -0.4 is 15.0 Å². The first-order chi connectivity index (χ1) is 15.9. The predicted molar refractivity (Wildman–Crippen MR) is 124 cm³/mol. The van der Waals surface area contributed by atoms with Gasteiger partial charge in [-0.15, -0.1) is 0 Å². The van der Waals surface area contributed by atoms with Crippen molar-refractivity contribution in [2.45, 2.75) is 43.3 Å². The van der Waals surface area contributed by atoms with Crippen molar-refractivity contribution in [1.29, 1.82) is 0 Å². The molecule has 11 heteroatoms. The number of ether oxygens (including phenoxy) is 1. The van der Waals surface area contributed by atoms with Crippen LogP contribution in [0, 0.1) is 0 Å². The van der Waals surface area contributed by atoms with Gasteiger partial charge >= 0.3 is 6.18 Å². The van der Waals surface area contributed by atoms with E-state index >= 15 is 0 Å². The van der Waals surface area contributed by atoms with Crippen LogP contribution in [0.4, 0.5) is 24.5 Å². The zero-order chi connectivity index (χ0) is 25.3. The van der Waals surface area contributed by atoms with Crippen LogP contribution in [-0.4, -0.2) is 52.4 Å². The van der Waals surface area contributed by atoms with Crippen LogP contribution in [0.2, 0.25) is 0 Å². The molecule has 1 fully saturated rings. The summed E-state index contributed by atoms with van der Waals surface area (Å²) >= 11 is 0. The third kappa shape index (κ3) is 5.30. The van der Waals surface area contributed by atoms with Crippen LogP contribution in [0.25, 0.3) is 0 Å². The van der Waals surface area contributed by atoms with Gasteiger partial charge in [0.25, 0.3) is 5.91 Å². The number of methoxy groups -OCH3 is 1. The van der Waals surface area contributed by atoms with E-state index in [9.17, 15) is 26.4 Å². The lowest BCUT2D eigenvalue weighted by molar-refractivity contribution is -0.137. The minimum atomic E-state index is -4.59. The quantitative estimate of drug-likeness (QED) is 0.629. The van der Waals surface area contributed by atoms with Gasteiger partial charge < -0.3 is 15.0 Å². The molecular formula is C23H28F3N3O4S. The Morgan fingerprint density at radius 3 is 2.44 bits per heavy atom. The van der Waals surface area contributed by atoms with Gasteiger partial charge in [-0.05, 0) is 56.2 Å². The summed E-state index contributed by atoms with van der Waals surface area (Å²) in [4.78, 5) is 14.4. The summed E-state index contributed by atoms with van der Waals surface area (Å²) in [6, 6.07) is 6.79. The number of sulfonamides is 1. The highest BCUT2D eigenvalue weighted by molar-refractivity contribution is 7.89. The van der Waals surface area contributed by atoms with Crippen molar-refractivity contribution >= 4 is 27.3 Å². The fraction of sp³-hybridized carbons (Fsp3) is 0.435. The second-order valence-electron chi connectivity index (χ2n) is 8.40. The molecule has 1 unspecified atom stereocenters. The lowest BCUT2D eigenvalue weighted by Crippen LogP contribution is -2.42. The monoisotopic (exact) mass is 499 g/mol. The summed E-state index contributed by atoms with van der Waals surface area (Å²) in [6.07, 6.45) is -2.20. The van der Waals surface area contributed by atoms with Gasteiger partial charge in [-0.25, -0.2) is 8.42 Å². The number of halogens is 3. The Morgan fingerprint density at radius 2 is 1.85 bits per heavy atom. The SMILES string of the molecule is COc1ccc(C(=O)Nc2cc(C(F)(F)F)ccc2N(C)C)cc1S(=O)(=O)N1CCCCC1C. The average molecular weight is 500 g/mol. The van der Waals surface area contributed by atoms with E-state index in [1.807, 2.05) is 6.92 Å². The number of rotatable bonds is 6. The van der Waals surface area contributed by atoms with Gasteiger partial charge in [0.15, 0.2) is 0 Å². The molecule has 1 aliphatic rings. The largest absolute Gasteiger partial charge is 0.495 e. The van der Waals surface area contributed by atoms with Crippen LogP contribution in [0.15, 0.2) is 41.3 Å². The van der Waals surface area contributed by atoms with Crippen molar-refractivity contribution in [3.63, 3.8) is 0 Å². The molecule has 1 atom stereocenters. The summed E-state index contributed by atoms with van der Waals surface area (Å²) in [5, 5.41) is 2.50. The molecule has 0 saturated carbocycles. The van der Waals surface area contributed by atoms with Crippen LogP contribution in [0.3, 0.4) is 0 Å². The Balaban J connectivity index is 2.00. The number of hydrogen-bond acceptors (Lipinski definition) is 5. The highest BCUT2D eigenvalue weighted by Gasteiger charge is 2.34. The van der Waals surface area contributed by atoms with Crippen LogP contribution >= 0.6 is 0 Å². The molecular weight excluding hydrogens is 471 g/mol. The van der Waals surface area contributed by atoms with Gasteiger partial charge in [0.1, 0.15) is 10.6 Å². The molecule has 2 aromatic rings. The molecule has 7 nitrogen and oxygen atoms in total. The normalized spacial score (nSPS) is 17.3. The Labute approximate surface area is 197 Å². The van der Waals surface area contributed by atoms with Crippen molar-refractivity contribution in [3.8, 4) is 5.75 Å². The highest BCUT2D eigenvalue weighted by Crippen LogP contribution is 2.36. The van der Waals surface area contributed by atoms with E-state index in [1.165, 1.54) is 35.7 Å². The molecule has 1 saturated heterocycles. The summed E-state index contributed by atoms with van der Waals surface area (Å²) in [6.45, 7) is 2.19. The summed E-state index contributed by atoms with van der Waals surface area (Å²) in [5.74, 6) is -0.657. The molecule has 34 heavy (non-hydrogen) atoms. The maximum Gasteiger partial charge on any atom is 0.416 e. The molecule has 0 radical (unpaired) electrons. The first-order valence-electron chi connectivity index (χ1n) is 10.8. The molecule has 1 amide bonds. The van der Waals surface area contributed by atoms with E-state index in [1.54, 1.807) is 19.0 Å². The molecule has 0 spiro atoms. The molecule has 1 heterocycles. The fourth-order valence-corrected chi connectivity index (χ4v) is 5.85. The number of benzene rings is 2. The number of piperidine rings is 1. The number of anilines is 2. The second kappa shape index (κ2) is 9.83. The number of nitrogens with zero attached hydrogens (tertiary/aromatic N) is 2. The Morgan fingerprint density at radius 1 is 1.15 bits per heavy atom. The number of nitrogens with one attached hydrogen (secondary N) is 1. The molecule has 0 aromatic heterocycles. The minimum absolute atomic E-state index is 0.0221. The first-order valence-corrected chi connectivity index (χ1v) is 12.2. The standard InChI is InChI=1S/C23H28F3N3O4S/c1-15-7-5-6-12-29(15)34(31,32)21-13-16(8-11-20(21)33-4)22(30)27-18-14-17(23(24,25)26)9-10-19(18)28(2)3/h8-11,13-15H,5-7,12H2,1-4H3,(H,27,30). The topological polar surface area (TPSA) is 79.0 Å². The maximum absolute atomic E-state index is 13.4. The number of amides is 1. The maximum atomic E-state index is 13.4. The molecule has 1 N–H and O–H groups in total. The summed E-state index contributed by atoms with van der Waals surface area (Å²) in [5.41, 5.74) is -0.615. The zero-order valence-corrected chi connectivity index (χ0v) is 20.3. The molecule has 186 valence electrons. The number of carbonyl (C=O) groups is 1. The molecule has 1 aliphatic heterocycles. The summed E-state index contributed by atoms with van der Waals surface area (Å²) < 4.78 is 73.1. The molecule has 3 rings (SSSR count). The van der Waals surface area contributed by atoms with E-state index in [0.717, 1.165) is 31.4 Å². The molecule has 0 aliphatic carbocycles. The smallest absolute Gasteiger partial charge is 0.416 e. The lowest BCUT2D eigenvalue weighted by atomic mass is 10.1. The van der Waals surface area contributed by atoms with Crippen LogP contribution in [-0.2, 0) is 16.2 Å². The number of hydrogen-bond donors (Lipinski definition) is 1. The Bertz CT molecular complexity index is 1170. The minimum Gasteiger partial charge on any atom is -0.495 e. The van der Waals surface area contributed by atoms with Crippen molar-refractivity contribution < 1.29 is 31.1 Å². The fourth-order valence-electron chi connectivity index (χ4n) is 3.97. The third-order valence-corrected chi connectivity index (χ3v) is 7.84. The Kier molecular flexibility index (Phi) is 7.47. The van der Waals surface area contributed by atoms with Crippen molar-refractivity contribution in [2.75, 3.05) is 38.0 Å². The molecule has 2 aromatic carbocycles. The number of alkyl halides is 3. The van der Waals surface area contributed by atoms with E-state index < -0.39 is 27.7 Å². The van der Waals surface area contributed by atoms with E-state index in [0.29, 0.717) is 12.2 Å². The van der Waals surface area contributed by atoms with Gasteiger partial charge in [0, 0.05) is 32.2 Å². The Hall–Kier alpha value is -2.79. The van der Waals surface area contributed by atoms with Crippen molar-refractivity contribution in [2.24, 2.45) is 0 Å². The van der Waals surface area contributed by atoms with E-state index in [2.05, 4.69) is 5.32 Å². The second-order valence-corrected chi connectivity index (χ2v) is 10.3. The number of carbonyl (C=O) groups excluding carboxylic acids is 1. The lowest BCUT2D eigenvalue weighted by Gasteiger charge is -2.32. The van der Waals surface area contributed by atoms with Gasteiger partial charge in [0.2, 0.25) is 10.0 Å². The van der Waals surface area contributed by atoms with Gasteiger partial charge in [-0.2, -0.15) is 17.5 Å². The first kappa shape index (κ1) is 25.8. The van der Waals surface area contributed by atoms with Gasteiger partial charge in [-0.1, -0.05) is 6.42 Å². The third-order valence-electron chi connectivity index (χ3n) is 5.81. The van der Waals surface area contributed by atoms with Crippen molar-refractivity contribution in [1.82, 2.24) is 4.31 Å². The van der Waals surface area contributed by atoms with Gasteiger partial charge in [-0.3, -0.25) is 4.79 Å². The van der Waals surface area contributed by atoms with Gasteiger partial charge in [0.05, 0.1) is 24.0 Å². The van der Waals surface area contributed by atoms with Crippen LogP contribution in [0.1, 0.15) is 42.1 Å². The highest BCUT2D eigenvalue weighted by atomic mass is 32.2. The van der Waals surface area contributed by atoms with Crippen molar-refractivity contribution in [3.05, 3.63) is 47.5 Å². The molecule has 0 bridgehead atoms. The van der Waals surface area contributed by atoms with E-state index in [-0.39, 0.29) is 27.9 Å². The summed E-state index contributed by atoms with van der Waals surface area (Å²) in [7, 11) is 0.644. The van der Waals surface area contributed by atoms with Crippen LogP contribution in [0.5, 0.6) is 5.75 Å². The predicted octanol–water partition coefficient (Wildman–Crippen LogP) is 4.60. The zero-order valence-electron chi connectivity index (χ0n) is 19.4.